The van der Waals surface area contributed by atoms with Gasteiger partial charge in [0.05, 0.1) is 17.9 Å². The van der Waals surface area contributed by atoms with E-state index in [-0.39, 0.29) is 42.2 Å². The van der Waals surface area contributed by atoms with Crippen LogP contribution >= 0.6 is 24.0 Å². The molecule has 1 aromatic carbocycles. The van der Waals surface area contributed by atoms with E-state index in [4.69, 9.17) is 10.3 Å². The molecule has 0 unspecified atom stereocenters. The van der Waals surface area contributed by atoms with Gasteiger partial charge in [-0.3, -0.25) is 0 Å². The Kier molecular flexibility index (Phi) is 6.87. The number of nitrogens with two attached hydrogens (primary N) is 1. The van der Waals surface area contributed by atoms with Gasteiger partial charge in [-0.1, -0.05) is 17.3 Å². The number of aromatic nitrogens is 1. The maximum atomic E-state index is 12.4. The molecule has 0 aliphatic rings. The van der Waals surface area contributed by atoms with E-state index in [0.717, 1.165) is 5.56 Å². The number of guanidine groups is 1. The van der Waals surface area contributed by atoms with Gasteiger partial charge in [-0.15, -0.1) is 37.1 Å². The smallest absolute Gasteiger partial charge is 0.404 e. The van der Waals surface area contributed by atoms with Gasteiger partial charge in [-0.2, -0.15) is 0 Å². The number of nitrogens with zero attached hydrogens (tertiary/aromatic N) is 2. The zero-order valence-corrected chi connectivity index (χ0v) is 15.2. The second-order valence-corrected chi connectivity index (χ2v) is 4.67. The van der Waals surface area contributed by atoms with Crippen molar-refractivity contribution in [2.24, 2.45) is 10.7 Å². The summed E-state index contributed by atoms with van der Waals surface area (Å²) < 4.78 is 46.0. The van der Waals surface area contributed by atoms with Crippen LogP contribution in [0.4, 0.5) is 18.9 Å². The summed E-state index contributed by atoms with van der Waals surface area (Å²) in [4.78, 5) is 4.07. The molecule has 0 atom stereocenters. The molecule has 3 N–H and O–H groups in total. The highest BCUT2D eigenvalue weighted by atomic mass is 127. The summed E-state index contributed by atoms with van der Waals surface area (Å²) in [5.41, 5.74) is 7.22. The number of hydrogen-bond donors (Lipinski definition) is 2. The molecule has 10 heteroatoms. The van der Waals surface area contributed by atoms with E-state index in [9.17, 15) is 13.2 Å². The number of alkyl halides is 3. The van der Waals surface area contributed by atoms with E-state index in [2.05, 4.69) is 20.2 Å². The molecule has 1 heterocycles. The van der Waals surface area contributed by atoms with Crippen molar-refractivity contribution < 1.29 is 22.4 Å². The van der Waals surface area contributed by atoms with Crippen LogP contribution in [0.5, 0.6) is 5.75 Å². The van der Waals surface area contributed by atoms with E-state index in [1.807, 2.05) is 0 Å². The molecule has 0 amide bonds. The molecule has 6 nitrogen and oxygen atoms in total. The van der Waals surface area contributed by atoms with Crippen LogP contribution in [-0.2, 0) is 6.54 Å². The van der Waals surface area contributed by atoms with Gasteiger partial charge in [0, 0.05) is 5.56 Å². The molecular formula is C14H16F3IN4O2. The Morgan fingerprint density at radius 2 is 2.00 bits per heavy atom. The molecule has 0 fully saturated rings. The highest BCUT2D eigenvalue weighted by Gasteiger charge is 2.32. The highest BCUT2D eigenvalue weighted by molar-refractivity contribution is 14.0. The Hall–Kier alpha value is -1.98. The zero-order chi connectivity index (χ0) is 17.0. The Morgan fingerprint density at radius 3 is 2.58 bits per heavy atom. The average molecular weight is 456 g/mol. The number of nitrogens with one attached hydrogen (secondary N) is 1. The Labute approximate surface area is 153 Å². The maximum absolute atomic E-state index is 12.4. The first-order chi connectivity index (χ1) is 10.8. The number of halogens is 4. The largest absolute Gasteiger partial charge is 0.573 e. The van der Waals surface area contributed by atoms with Crippen LogP contribution in [0, 0.1) is 13.8 Å². The first kappa shape index (κ1) is 20.1. The van der Waals surface area contributed by atoms with Crippen LogP contribution in [0.1, 0.15) is 17.0 Å². The molecule has 2 aromatic rings. The number of aliphatic imine (C=N–C) groups is 1. The lowest BCUT2D eigenvalue weighted by molar-refractivity contribution is -0.274. The third kappa shape index (κ3) is 5.58. The molecular weight excluding hydrogens is 440 g/mol. The van der Waals surface area contributed by atoms with E-state index in [0.29, 0.717) is 11.5 Å². The van der Waals surface area contributed by atoms with Crippen molar-refractivity contribution in [3.63, 3.8) is 0 Å². The number of aryl methyl sites for hydroxylation is 2. The standard InChI is InChI=1S/C14H15F3N4O2.HI/c1-8-10(9(2)23-21-8)7-19-13(18)20-11-5-3-4-6-12(11)22-14(15,16)17;/h3-6H,7H2,1-2H3,(H3,18,19,20);1H. The SMILES string of the molecule is Cc1noc(C)c1CN=C(N)Nc1ccccc1OC(F)(F)F.I. The normalized spacial score (nSPS) is 11.8. The van der Waals surface area contributed by atoms with Crippen LogP contribution in [0.15, 0.2) is 33.8 Å². The van der Waals surface area contributed by atoms with Crippen LogP contribution in [0.3, 0.4) is 0 Å². The molecule has 24 heavy (non-hydrogen) atoms. The molecule has 0 saturated carbocycles. The summed E-state index contributed by atoms with van der Waals surface area (Å²) in [7, 11) is 0. The number of ether oxygens (including phenoxy) is 1. The number of anilines is 1. The minimum Gasteiger partial charge on any atom is -0.404 e. The van der Waals surface area contributed by atoms with Gasteiger partial charge in [0.1, 0.15) is 5.76 Å². The quantitative estimate of drug-likeness (QED) is 0.416. The summed E-state index contributed by atoms with van der Waals surface area (Å²) in [6.45, 7) is 3.70. The number of hydrogen-bond acceptors (Lipinski definition) is 4. The second-order valence-electron chi connectivity index (χ2n) is 4.67. The molecule has 0 aliphatic carbocycles. The first-order valence-corrected chi connectivity index (χ1v) is 6.59. The topological polar surface area (TPSA) is 85.7 Å². The minimum atomic E-state index is -4.79. The average Bonchev–Trinajstić information content (AvgIpc) is 2.76. The fourth-order valence-corrected chi connectivity index (χ4v) is 1.85. The molecule has 0 bridgehead atoms. The summed E-state index contributed by atoms with van der Waals surface area (Å²) in [5.74, 6) is 0.165. The lowest BCUT2D eigenvalue weighted by atomic mass is 10.2. The third-order valence-corrected chi connectivity index (χ3v) is 2.96. The third-order valence-electron chi connectivity index (χ3n) is 2.96. The van der Waals surface area contributed by atoms with Crippen LogP contribution in [-0.4, -0.2) is 17.5 Å². The monoisotopic (exact) mass is 456 g/mol. The molecule has 0 aliphatic heterocycles. The number of benzene rings is 1. The lowest BCUT2D eigenvalue weighted by Crippen LogP contribution is -2.24. The maximum Gasteiger partial charge on any atom is 0.573 e. The predicted octanol–water partition coefficient (Wildman–Crippen LogP) is 3.73. The zero-order valence-electron chi connectivity index (χ0n) is 12.8. The summed E-state index contributed by atoms with van der Waals surface area (Å²) >= 11 is 0. The molecule has 0 radical (unpaired) electrons. The van der Waals surface area contributed by atoms with Gasteiger partial charge >= 0.3 is 6.36 Å². The summed E-state index contributed by atoms with van der Waals surface area (Å²) in [5, 5.41) is 6.37. The van der Waals surface area contributed by atoms with Crippen LogP contribution < -0.4 is 15.8 Å². The highest BCUT2D eigenvalue weighted by Crippen LogP contribution is 2.29. The van der Waals surface area contributed by atoms with Crippen molar-refractivity contribution in [2.75, 3.05) is 5.32 Å². The first-order valence-electron chi connectivity index (χ1n) is 6.59. The van der Waals surface area contributed by atoms with E-state index >= 15 is 0 Å². The van der Waals surface area contributed by atoms with Crippen molar-refractivity contribution in [2.45, 2.75) is 26.8 Å². The Morgan fingerprint density at radius 1 is 1.33 bits per heavy atom. The predicted molar refractivity (Wildman–Crippen MR) is 93.5 cm³/mol. The van der Waals surface area contributed by atoms with Gasteiger partial charge in [0.2, 0.25) is 0 Å². The summed E-state index contributed by atoms with van der Waals surface area (Å²) in [6, 6.07) is 5.55. The Bertz CT molecular complexity index is 697. The van der Waals surface area contributed by atoms with Crippen LogP contribution in [0.25, 0.3) is 0 Å². The molecule has 1 aromatic heterocycles. The molecule has 132 valence electrons. The van der Waals surface area contributed by atoms with E-state index in [1.54, 1.807) is 19.9 Å². The van der Waals surface area contributed by atoms with E-state index < -0.39 is 12.1 Å². The van der Waals surface area contributed by atoms with Gasteiger partial charge in [-0.05, 0) is 26.0 Å². The fraction of sp³-hybridized carbons (Fsp3) is 0.286. The van der Waals surface area contributed by atoms with Crippen molar-refractivity contribution >= 4 is 35.6 Å². The van der Waals surface area contributed by atoms with Crippen molar-refractivity contribution in [1.29, 1.82) is 0 Å². The Balaban J connectivity index is 0.00000288. The van der Waals surface area contributed by atoms with Crippen LogP contribution in [0.2, 0.25) is 0 Å². The minimum absolute atomic E-state index is 0. The number of para-hydroxylation sites is 2. The van der Waals surface area contributed by atoms with Gasteiger partial charge in [0.25, 0.3) is 0 Å². The van der Waals surface area contributed by atoms with E-state index in [1.165, 1.54) is 18.2 Å². The molecule has 2 rings (SSSR count). The lowest BCUT2D eigenvalue weighted by Gasteiger charge is -2.14. The fourth-order valence-electron chi connectivity index (χ4n) is 1.85. The van der Waals surface area contributed by atoms with Gasteiger partial charge in [-0.25, -0.2) is 4.99 Å². The van der Waals surface area contributed by atoms with Crippen molar-refractivity contribution in [3.05, 3.63) is 41.3 Å². The van der Waals surface area contributed by atoms with Crippen molar-refractivity contribution in [3.8, 4) is 5.75 Å². The second kappa shape index (κ2) is 8.22. The molecule has 0 saturated heterocycles. The van der Waals surface area contributed by atoms with Gasteiger partial charge < -0.3 is 20.3 Å². The van der Waals surface area contributed by atoms with Gasteiger partial charge in [0.15, 0.2) is 11.7 Å². The molecule has 0 spiro atoms. The number of rotatable bonds is 4. The van der Waals surface area contributed by atoms with Crippen molar-refractivity contribution in [1.82, 2.24) is 5.16 Å². The summed E-state index contributed by atoms with van der Waals surface area (Å²) in [6.07, 6.45) is -4.79.